The van der Waals surface area contributed by atoms with Gasteiger partial charge in [0.1, 0.15) is 0 Å². The molecule has 1 aromatic heterocycles. The summed E-state index contributed by atoms with van der Waals surface area (Å²) in [6.07, 6.45) is 6.45. The van der Waals surface area contributed by atoms with Crippen molar-refractivity contribution in [2.24, 2.45) is 0 Å². The van der Waals surface area contributed by atoms with Gasteiger partial charge < -0.3 is 10.1 Å². The Hall–Kier alpha value is -0.930. The molecule has 1 aliphatic rings. The maximum absolute atomic E-state index is 5.83. The van der Waals surface area contributed by atoms with Crippen LogP contribution in [0, 0.1) is 0 Å². The smallest absolute Gasteiger partial charge is 0.0734 e. The van der Waals surface area contributed by atoms with Crippen molar-refractivity contribution in [1.29, 1.82) is 0 Å². The number of nitrogens with zero attached hydrogens (tertiary/aromatic N) is 1. The van der Waals surface area contributed by atoms with E-state index in [1.807, 2.05) is 12.4 Å². The van der Waals surface area contributed by atoms with Gasteiger partial charge >= 0.3 is 0 Å². The van der Waals surface area contributed by atoms with Gasteiger partial charge in [0.2, 0.25) is 0 Å². The van der Waals surface area contributed by atoms with E-state index in [1.54, 1.807) is 0 Å². The molecule has 94 valence electrons. The van der Waals surface area contributed by atoms with Crippen LogP contribution >= 0.6 is 0 Å². The van der Waals surface area contributed by atoms with Crippen LogP contribution in [0.25, 0.3) is 0 Å². The Kier molecular flexibility index (Phi) is 4.51. The molecule has 3 unspecified atom stereocenters. The monoisotopic (exact) mass is 234 g/mol. The summed E-state index contributed by atoms with van der Waals surface area (Å²) in [6.45, 7) is 6.32. The van der Waals surface area contributed by atoms with Crippen LogP contribution in [-0.4, -0.2) is 30.3 Å². The van der Waals surface area contributed by atoms with Crippen LogP contribution in [0.2, 0.25) is 0 Å². The quantitative estimate of drug-likeness (QED) is 0.849. The summed E-state index contributed by atoms with van der Waals surface area (Å²) in [7, 11) is 0. The molecule has 2 heterocycles. The molecule has 0 spiro atoms. The van der Waals surface area contributed by atoms with Gasteiger partial charge in [-0.05, 0) is 43.0 Å². The fourth-order valence-electron chi connectivity index (χ4n) is 2.63. The van der Waals surface area contributed by atoms with E-state index in [2.05, 4.69) is 36.3 Å². The van der Waals surface area contributed by atoms with Gasteiger partial charge in [0, 0.05) is 25.0 Å². The number of ether oxygens (including phenoxy) is 1. The molecule has 0 bridgehead atoms. The number of hydrogen-bond donors (Lipinski definition) is 1. The Morgan fingerprint density at radius 1 is 1.47 bits per heavy atom. The number of rotatable bonds is 5. The highest BCUT2D eigenvalue weighted by molar-refractivity contribution is 5.18. The first-order valence-electron chi connectivity index (χ1n) is 6.58. The molecule has 1 aromatic rings. The van der Waals surface area contributed by atoms with Crippen LogP contribution in [0.3, 0.4) is 0 Å². The van der Waals surface area contributed by atoms with Crippen LogP contribution in [-0.2, 0) is 4.74 Å². The van der Waals surface area contributed by atoms with Crippen molar-refractivity contribution in [3.63, 3.8) is 0 Å². The minimum atomic E-state index is 0.359. The molecule has 3 nitrogen and oxygen atoms in total. The average molecular weight is 234 g/mol. The first-order chi connectivity index (χ1) is 8.33. The van der Waals surface area contributed by atoms with Crippen molar-refractivity contribution in [3.05, 3.63) is 30.1 Å². The van der Waals surface area contributed by atoms with Crippen molar-refractivity contribution in [2.75, 3.05) is 13.2 Å². The maximum atomic E-state index is 5.83. The largest absolute Gasteiger partial charge is 0.377 e. The third kappa shape index (κ3) is 3.05. The number of nitrogens with one attached hydrogen (secondary N) is 1. The van der Waals surface area contributed by atoms with E-state index < -0.39 is 0 Å². The van der Waals surface area contributed by atoms with Gasteiger partial charge in [-0.15, -0.1) is 0 Å². The second kappa shape index (κ2) is 6.12. The van der Waals surface area contributed by atoms with E-state index in [-0.39, 0.29) is 0 Å². The van der Waals surface area contributed by atoms with E-state index >= 15 is 0 Å². The van der Waals surface area contributed by atoms with Crippen molar-refractivity contribution < 1.29 is 4.74 Å². The standard InChI is InChI=1S/C14H22N2O/c1-3-16-14(13-5-4-10-17-13)11(2)12-6-8-15-9-7-12/h6-9,11,13-14,16H,3-5,10H2,1-2H3. The molecule has 1 aliphatic heterocycles. The Morgan fingerprint density at radius 3 is 2.82 bits per heavy atom. The zero-order valence-electron chi connectivity index (χ0n) is 10.7. The molecule has 1 N–H and O–H groups in total. The zero-order chi connectivity index (χ0) is 12.1. The number of aromatic nitrogens is 1. The van der Waals surface area contributed by atoms with E-state index in [1.165, 1.54) is 18.4 Å². The minimum absolute atomic E-state index is 0.359. The summed E-state index contributed by atoms with van der Waals surface area (Å²) in [4.78, 5) is 4.08. The molecule has 0 amide bonds. The van der Waals surface area contributed by atoms with E-state index in [0.717, 1.165) is 13.2 Å². The summed E-state index contributed by atoms with van der Waals surface area (Å²) < 4.78 is 5.83. The molecule has 0 aromatic carbocycles. The van der Waals surface area contributed by atoms with Crippen molar-refractivity contribution in [3.8, 4) is 0 Å². The first kappa shape index (κ1) is 12.5. The predicted molar refractivity (Wildman–Crippen MR) is 69.1 cm³/mol. The van der Waals surface area contributed by atoms with Gasteiger partial charge in [-0.2, -0.15) is 0 Å². The van der Waals surface area contributed by atoms with Gasteiger partial charge in [-0.3, -0.25) is 4.98 Å². The molecular formula is C14H22N2O. The highest BCUT2D eigenvalue weighted by Crippen LogP contribution is 2.26. The molecule has 2 rings (SSSR count). The Morgan fingerprint density at radius 2 is 2.24 bits per heavy atom. The zero-order valence-corrected chi connectivity index (χ0v) is 10.7. The maximum Gasteiger partial charge on any atom is 0.0734 e. The molecular weight excluding hydrogens is 212 g/mol. The number of hydrogen-bond acceptors (Lipinski definition) is 3. The third-order valence-electron chi connectivity index (χ3n) is 3.58. The molecule has 3 heteroatoms. The van der Waals surface area contributed by atoms with Crippen LogP contribution < -0.4 is 5.32 Å². The van der Waals surface area contributed by atoms with Crippen molar-refractivity contribution in [1.82, 2.24) is 10.3 Å². The minimum Gasteiger partial charge on any atom is -0.377 e. The van der Waals surface area contributed by atoms with Gasteiger partial charge in [0.25, 0.3) is 0 Å². The first-order valence-corrected chi connectivity index (χ1v) is 6.58. The second-order valence-electron chi connectivity index (χ2n) is 4.70. The van der Waals surface area contributed by atoms with Crippen LogP contribution in [0.4, 0.5) is 0 Å². The SMILES string of the molecule is CCNC(C1CCCO1)C(C)c1ccncc1. The molecule has 1 fully saturated rings. The lowest BCUT2D eigenvalue weighted by Gasteiger charge is -2.29. The topological polar surface area (TPSA) is 34.1 Å². The van der Waals surface area contributed by atoms with Crippen LogP contribution in [0.5, 0.6) is 0 Å². The third-order valence-corrected chi connectivity index (χ3v) is 3.58. The number of pyridine rings is 1. The fourth-order valence-corrected chi connectivity index (χ4v) is 2.63. The lowest BCUT2D eigenvalue weighted by Crippen LogP contribution is -2.43. The molecule has 0 saturated carbocycles. The highest BCUT2D eigenvalue weighted by Gasteiger charge is 2.30. The fraction of sp³-hybridized carbons (Fsp3) is 0.643. The summed E-state index contributed by atoms with van der Waals surface area (Å²) in [5.41, 5.74) is 1.33. The van der Waals surface area contributed by atoms with Gasteiger partial charge in [-0.1, -0.05) is 13.8 Å². The van der Waals surface area contributed by atoms with Gasteiger partial charge in [0.15, 0.2) is 0 Å². The molecule has 17 heavy (non-hydrogen) atoms. The highest BCUT2D eigenvalue weighted by atomic mass is 16.5. The van der Waals surface area contributed by atoms with Crippen LogP contribution in [0.15, 0.2) is 24.5 Å². The molecule has 0 aliphatic carbocycles. The average Bonchev–Trinajstić information content (AvgIpc) is 2.90. The lowest BCUT2D eigenvalue weighted by molar-refractivity contribution is 0.0716. The Labute approximate surface area is 104 Å². The summed E-state index contributed by atoms with van der Waals surface area (Å²) in [5, 5.41) is 3.58. The second-order valence-corrected chi connectivity index (χ2v) is 4.70. The molecule has 0 radical (unpaired) electrons. The van der Waals surface area contributed by atoms with Crippen molar-refractivity contribution in [2.45, 2.75) is 44.8 Å². The van der Waals surface area contributed by atoms with E-state index in [4.69, 9.17) is 4.74 Å². The predicted octanol–water partition coefficient (Wildman–Crippen LogP) is 2.34. The van der Waals surface area contributed by atoms with E-state index in [9.17, 15) is 0 Å². The lowest BCUT2D eigenvalue weighted by atomic mass is 9.89. The van der Waals surface area contributed by atoms with Crippen LogP contribution in [0.1, 0.15) is 38.2 Å². The molecule has 1 saturated heterocycles. The van der Waals surface area contributed by atoms with Crippen molar-refractivity contribution >= 4 is 0 Å². The number of likely N-dealkylation sites (N-methyl/N-ethyl adjacent to an activating group) is 1. The normalized spacial score (nSPS) is 23.5. The Balaban J connectivity index is 2.09. The summed E-state index contributed by atoms with van der Waals surface area (Å²) in [5.74, 6) is 0.459. The van der Waals surface area contributed by atoms with Gasteiger partial charge in [-0.25, -0.2) is 0 Å². The molecule has 3 atom stereocenters. The summed E-state index contributed by atoms with van der Waals surface area (Å²) >= 11 is 0. The Bertz CT molecular complexity index is 322. The summed E-state index contributed by atoms with van der Waals surface area (Å²) in [6, 6.07) is 4.61. The van der Waals surface area contributed by atoms with E-state index in [0.29, 0.717) is 18.1 Å². The van der Waals surface area contributed by atoms with Gasteiger partial charge in [0.05, 0.1) is 6.10 Å².